The Hall–Kier alpha value is -2.98. The van der Waals surface area contributed by atoms with E-state index in [1.165, 1.54) is 18.5 Å². The largest absolute Gasteiger partial charge is 0.456 e. The summed E-state index contributed by atoms with van der Waals surface area (Å²) < 4.78 is 8.24. The van der Waals surface area contributed by atoms with Crippen LogP contribution in [0.3, 0.4) is 0 Å². The van der Waals surface area contributed by atoms with Crippen molar-refractivity contribution in [3.8, 4) is 0 Å². The van der Waals surface area contributed by atoms with Gasteiger partial charge in [0.05, 0.1) is 22.6 Å². The van der Waals surface area contributed by atoms with Crippen LogP contribution in [0.15, 0.2) is 18.2 Å². The van der Waals surface area contributed by atoms with Crippen LogP contribution >= 0.6 is 11.6 Å². The topological polar surface area (TPSA) is 125 Å². The number of carbonyl (C=O) groups is 1. The molecule has 148 valence electrons. The molecular formula is C17H18ClN5O5. The van der Waals surface area contributed by atoms with E-state index < -0.39 is 10.9 Å². The van der Waals surface area contributed by atoms with Gasteiger partial charge in [-0.25, -0.2) is 4.98 Å². The lowest BCUT2D eigenvalue weighted by Crippen LogP contribution is -2.17. The third-order valence-corrected chi connectivity index (χ3v) is 4.52. The minimum absolute atomic E-state index is 0.116. The molecule has 0 bridgehead atoms. The summed E-state index contributed by atoms with van der Waals surface area (Å²) in [4.78, 5) is 27.2. The Morgan fingerprint density at radius 3 is 2.79 bits per heavy atom. The summed E-state index contributed by atoms with van der Waals surface area (Å²) in [5.41, 5.74) is 1.78. The predicted molar refractivity (Wildman–Crippen MR) is 100.0 cm³/mol. The van der Waals surface area contributed by atoms with Gasteiger partial charge in [0.1, 0.15) is 30.4 Å². The highest BCUT2D eigenvalue weighted by molar-refractivity contribution is 6.31. The molecule has 0 radical (unpaired) electrons. The average molecular weight is 408 g/mol. The van der Waals surface area contributed by atoms with Crippen molar-refractivity contribution in [3.05, 3.63) is 50.5 Å². The third kappa shape index (κ3) is 3.82. The Balaban J connectivity index is 1.75. The molecule has 2 aromatic heterocycles. The zero-order valence-corrected chi connectivity index (χ0v) is 16.0. The fourth-order valence-electron chi connectivity index (χ4n) is 3.02. The number of esters is 1. The first kappa shape index (κ1) is 19.8. The van der Waals surface area contributed by atoms with E-state index in [2.05, 4.69) is 10.1 Å². The van der Waals surface area contributed by atoms with E-state index in [4.69, 9.17) is 16.3 Å². The van der Waals surface area contributed by atoms with Gasteiger partial charge in [0, 0.05) is 11.6 Å². The molecule has 28 heavy (non-hydrogen) atoms. The highest BCUT2D eigenvalue weighted by Crippen LogP contribution is 2.23. The minimum Gasteiger partial charge on any atom is -0.456 e. The van der Waals surface area contributed by atoms with Crippen molar-refractivity contribution in [2.45, 2.75) is 33.5 Å². The Bertz CT molecular complexity index is 1060. The number of nitrogens with zero attached hydrogens (tertiary/aromatic N) is 5. The molecule has 3 aromatic rings. The molecule has 0 aliphatic heterocycles. The van der Waals surface area contributed by atoms with E-state index in [1.807, 2.05) is 0 Å². The molecule has 0 amide bonds. The van der Waals surface area contributed by atoms with E-state index in [0.717, 1.165) is 5.52 Å². The summed E-state index contributed by atoms with van der Waals surface area (Å²) >= 11 is 6.02. The fourth-order valence-corrected chi connectivity index (χ4v) is 3.19. The number of hydrogen-bond donors (Lipinski definition) is 1. The quantitative estimate of drug-likeness (QED) is 0.361. The van der Waals surface area contributed by atoms with E-state index in [9.17, 15) is 20.0 Å². The van der Waals surface area contributed by atoms with Gasteiger partial charge in [-0.3, -0.25) is 19.6 Å². The van der Waals surface area contributed by atoms with Crippen LogP contribution in [-0.2, 0) is 29.2 Å². The van der Waals surface area contributed by atoms with Crippen molar-refractivity contribution < 1.29 is 19.6 Å². The van der Waals surface area contributed by atoms with Gasteiger partial charge in [-0.1, -0.05) is 11.6 Å². The van der Waals surface area contributed by atoms with Gasteiger partial charge < -0.3 is 14.4 Å². The zero-order chi connectivity index (χ0) is 20.4. The van der Waals surface area contributed by atoms with Gasteiger partial charge in [0.25, 0.3) is 0 Å². The standard InChI is InChI=1S/C17H18ClN5O5/c1-10-17(23(26)27)11(2)22(20-10)8-16(25)28-9-15-19-13-4-3-12(18)7-14(13)21(15)5-6-24/h3-4,7,24H,5-6,8-9H2,1-2H3. The van der Waals surface area contributed by atoms with Crippen molar-refractivity contribution in [3.63, 3.8) is 0 Å². The number of imidazole rings is 1. The van der Waals surface area contributed by atoms with Gasteiger partial charge >= 0.3 is 11.7 Å². The SMILES string of the molecule is Cc1nn(CC(=O)OCc2nc3ccc(Cl)cc3n2CCO)c(C)c1[N+](=O)[O-]. The molecule has 0 spiro atoms. The number of rotatable bonds is 7. The first-order chi connectivity index (χ1) is 13.3. The predicted octanol–water partition coefficient (Wildman–Crippen LogP) is 2.15. The number of aliphatic hydroxyl groups excluding tert-OH is 1. The summed E-state index contributed by atoms with van der Waals surface area (Å²) in [6.45, 7) is 2.81. The lowest BCUT2D eigenvalue weighted by Gasteiger charge is -2.09. The van der Waals surface area contributed by atoms with Crippen LogP contribution in [0, 0.1) is 24.0 Å². The summed E-state index contributed by atoms with van der Waals surface area (Å²) in [7, 11) is 0. The van der Waals surface area contributed by atoms with E-state index in [1.54, 1.807) is 22.8 Å². The fraction of sp³-hybridized carbons (Fsp3) is 0.353. The molecule has 0 fully saturated rings. The molecule has 0 saturated heterocycles. The van der Waals surface area contributed by atoms with Crippen molar-refractivity contribution in [2.24, 2.45) is 0 Å². The Morgan fingerprint density at radius 2 is 2.14 bits per heavy atom. The van der Waals surface area contributed by atoms with E-state index >= 15 is 0 Å². The maximum atomic E-state index is 12.2. The maximum absolute atomic E-state index is 12.2. The first-order valence-corrected chi connectivity index (χ1v) is 8.79. The Kier molecular flexibility index (Phi) is 5.61. The number of nitro groups is 1. The number of carbonyl (C=O) groups excluding carboxylic acids is 1. The molecule has 0 saturated carbocycles. The van der Waals surface area contributed by atoms with E-state index in [0.29, 0.717) is 16.4 Å². The van der Waals surface area contributed by atoms with Crippen molar-refractivity contribution in [1.82, 2.24) is 19.3 Å². The lowest BCUT2D eigenvalue weighted by molar-refractivity contribution is -0.386. The first-order valence-electron chi connectivity index (χ1n) is 8.41. The van der Waals surface area contributed by atoms with Crippen molar-refractivity contribution in [1.29, 1.82) is 0 Å². The Morgan fingerprint density at radius 1 is 1.39 bits per heavy atom. The monoisotopic (exact) mass is 407 g/mol. The summed E-state index contributed by atoms with van der Waals surface area (Å²) in [6, 6.07) is 5.16. The number of ether oxygens (including phenoxy) is 1. The van der Waals surface area contributed by atoms with Crippen LogP contribution in [0.2, 0.25) is 5.02 Å². The van der Waals surface area contributed by atoms with Crippen LogP contribution in [0.4, 0.5) is 5.69 Å². The molecule has 0 unspecified atom stereocenters. The molecule has 2 heterocycles. The van der Waals surface area contributed by atoms with Crippen molar-refractivity contribution in [2.75, 3.05) is 6.61 Å². The van der Waals surface area contributed by atoms with Gasteiger partial charge in [-0.2, -0.15) is 5.10 Å². The van der Waals surface area contributed by atoms with Crippen LogP contribution in [-0.4, -0.2) is 41.9 Å². The maximum Gasteiger partial charge on any atom is 0.328 e. The molecule has 1 N–H and O–H groups in total. The molecule has 0 aliphatic carbocycles. The lowest BCUT2D eigenvalue weighted by atomic mass is 10.3. The normalized spacial score (nSPS) is 11.1. The van der Waals surface area contributed by atoms with E-state index in [-0.39, 0.29) is 43.4 Å². The average Bonchev–Trinajstić information content (AvgIpc) is 3.10. The highest BCUT2D eigenvalue weighted by Gasteiger charge is 2.23. The summed E-state index contributed by atoms with van der Waals surface area (Å²) in [5, 5.41) is 24.9. The van der Waals surface area contributed by atoms with Crippen LogP contribution in [0.5, 0.6) is 0 Å². The molecule has 0 aliphatic rings. The summed E-state index contributed by atoms with van der Waals surface area (Å²) in [5.74, 6) is -0.153. The van der Waals surface area contributed by atoms with Gasteiger partial charge in [0.15, 0.2) is 0 Å². The minimum atomic E-state index is -0.610. The molecule has 11 heteroatoms. The Labute approximate surface area is 164 Å². The number of fused-ring (bicyclic) bond motifs is 1. The molecule has 1 aromatic carbocycles. The second-order valence-corrected chi connectivity index (χ2v) is 6.57. The van der Waals surface area contributed by atoms with Crippen molar-refractivity contribution >= 4 is 34.3 Å². The van der Waals surface area contributed by atoms with Crippen LogP contribution < -0.4 is 0 Å². The van der Waals surface area contributed by atoms with Gasteiger partial charge in [-0.15, -0.1) is 0 Å². The number of halogens is 1. The third-order valence-electron chi connectivity index (χ3n) is 4.28. The molecule has 10 nitrogen and oxygen atoms in total. The number of aromatic nitrogens is 4. The number of aryl methyl sites for hydroxylation is 1. The smallest absolute Gasteiger partial charge is 0.328 e. The number of hydrogen-bond acceptors (Lipinski definition) is 7. The second kappa shape index (κ2) is 7.95. The van der Waals surface area contributed by atoms with Gasteiger partial charge in [-0.05, 0) is 32.0 Å². The molecule has 0 atom stereocenters. The zero-order valence-electron chi connectivity index (χ0n) is 15.3. The van der Waals surface area contributed by atoms with Crippen LogP contribution in [0.1, 0.15) is 17.2 Å². The van der Waals surface area contributed by atoms with Gasteiger partial charge in [0.2, 0.25) is 0 Å². The molecular weight excluding hydrogens is 390 g/mol. The highest BCUT2D eigenvalue weighted by atomic mass is 35.5. The second-order valence-electron chi connectivity index (χ2n) is 6.13. The number of benzene rings is 1. The van der Waals surface area contributed by atoms with Crippen LogP contribution in [0.25, 0.3) is 11.0 Å². The molecule has 3 rings (SSSR count). The number of aliphatic hydroxyl groups is 1. The summed E-state index contributed by atoms with van der Waals surface area (Å²) in [6.07, 6.45) is 0.